The van der Waals surface area contributed by atoms with Gasteiger partial charge < -0.3 is 20.1 Å². The van der Waals surface area contributed by atoms with Crippen LogP contribution in [0.2, 0.25) is 0 Å². The molecule has 6 nitrogen and oxygen atoms in total. The predicted molar refractivity (Wildman–Crippen MR) is 73.9 cm³/mol. The first-order valence-electron chi connectivity index (χ1n) is 7.20. The zero-order valence-electron chi connectivity index (χ0n) is 12.6. The monoisotopic (exact) mass is 283 g/mol. The summed E-state index contributed by atoms with van der Waals surface area (Å²) < 4.78 is 10.9. The average molecular weight is 283 g/mol. The van der Waals surface area contributed by atoms with Crippen LogP contribution in [0, 0.1) is 5.41 Å². The number of aromatic nitrogens is 2. The Hall–Kier alpha value is -0.980. The minimum atomic E-state index is -0.796. The van der Waals surface area contributed by atoms with Crippen LogP contribution in [0.4, 0.5) is 0 Å². The lowest BCUT2D eigenvalue weighted by atomic mass is 9.70. The van der Waals surface area contributed by atoms with Crippen LogP contribution in [-0.4, -0.2) is 28.9 Å². The number of hydrogen-bond acceptors (Lipinski definition) is 6. The Morgan fingerprint density at radius 3 is 2.55 bits per heavy atom. The molecule has 2 rings (SSSR count). The van der Waals surface area contributed by atoms with Crippen molar-refractivity contribution in [3.8, 4) is 0 Å². The van der Waals surface area contributed by atoms with E-state index < -0.39 is 11.7 Å². The summed E-state index contributed by atoms with van der Waals surface area (Å²) in [6.45, 7) is 4.90. The van der Waals surface area contributed by atoms with Crippen molar-refractivity contribution in [1.29, 1.82) is 0 Å². The molecule has 0 radical (unpaired) electrons. The SMILES string of the molecule is COC1(c2noc([C@@H](O)CCN)n2)CCC(C)(C)CC1. The molecule has 1 atom stereocenters. The summed E-state index contributed by atoms with van der Waals surface area (Å²) in [5.41, 5.74) is 5.26. The Balaban J connectivity index is 2.16. The van der Waals surface area contributed by atoms with Gasteiger partial charge in [0, 0.05) is 7.11 Å². The topological polar surface area (TPSA) is 94.4 Å². The van der Waals surface area contributed by atoms with Crippen LogP contribution in [0.3, 0.4) is 0 Å². The van der Waals surface area contributed by atoms with Gasteiger partial charge in [0.2, 0.25) is 5.82 Å². The molecule has 1 heterocycles. The van der Waals surface area contributed by atoms with Crippen molar-refractivity contribution in [3.63, 3.8) is 0 Å². The van der Waals surface area contributed by atoms with E-state index in [0.29, 0.717) is 24.2 Å². The first kappa shape index (κ1) is 15.4. The molecule has 20 heavy (non-hydrogen) atoms. The van der Waals surface area contributed by atoms with Crippen LogP contribution in [-0.2, 0) is 10.3 Å². The van der Waals surface area contributed by atoms with E-state index >= 15 is 0 Å². The van der Waals surface area contributed by atoms with E-state index in [1.807, 2.05) is 0 Å². The molecular weight excluding hydrogens is 258 g/mol. The van der Waals surface area contributed by atoms with E-state index in [9.17, 15) is 5.11 Å². The summed E-state index contributed by atoms with van der Waals surface area (Å²) in [6.07, 6.45) is 3.45. The number of ether oxygens (including phenoxy) is 1. The van der Waals surface area contributed by atoms with Crippen LogP contribution < -0.4 is 5.73 Å². The van der Waals surface area contributed by atoms with Crippen molar-refractivity contribution in [2.24, 2.45) is 11.1 Å². The van der Waals surface area contributed by atoms with Crippen molar-refractivity contribution in [2.75, 3.05) is 13.7 Å². The van der Waals surface area contributed by atoms with Crippen LogP contribution in [0.5, 0.6) is 0 Å². The minimum Gasteiger partial charge on any atom is -0.383 e. The fourth-order valence-electron chi connectivity index (χ4n) is 2.69. The molecule has 0 aliphatic heterocycles. The third kappa shape index (κ3) is 3.02. The number of aliphatic hydroxyl groups excluding tert-OH is 1. The van der Waals surface area contributed by atoms with Crippen molar-refractivity contribution in [1.82, 2.24) is 10.1 Å². The van der Waals surface area contributed by atoms with Gasteiger partial charge in [-0.25, -0.2) is 0 Å². The van der Waals surface area contributed by atoms with Gasteiger partial charge in [0.1, 0.15) is 11.7 Å². The highest BCUT2D eigenvalue weighted by molar-refractivity contribution is 5.06. The van der Waals surface area contributed by atoms with Crippen LogP contribution >= 0.6 is 0 Å². The van der Waals surface area contributed by atoms with Gasteiger partial charge in [-0.15, -0.1) is 0 Å². The second kappa shape index (κ2) is 5.79. The molecule has 0 spiro atoms. The highest BCUT2D eigenvalue weighted by atomic mass is 16.5. The van der Waals surface area contributed by atoms with Gasteiger partial charge in [-0.1, -0.05) is 19.0 Å². The van der Waals surface area contributed by atoms with E-state index in [0.717, 1.165) is 25.7 Å². The van der Waals surface area contributed by atoms with Gasteiger partial charge in [0.05, 0.1) is 0 Å². The lowest BCUT2D eigenvalue weighted by molar-refractivity contribution is -0.0740. The summed E-state index contributed by atoms with van der Waals surface area (Å²) in [6, 6.07) is 0. The highest BCUT2D eigenvalue weighted by Gasteiger charge is 2.43. The maximum Gasteiger partial charge on any atom is 0.255 e. The Labute approximate surface area is 119 Å². The molecule has 1 saturated carbocycles. The van der Waals surface area contributed by atoms with E-state index in [-0.39, 0.29) is 5.89 Å². The summed E-state index contributed by atoms with van der Waals surface area (Å²) in [7, 11) is 1.69. The fourth-order valence-corrected chi connectivity index (χ4v) is 2.69. The number of hydrogen-bond donors (Lipinski definition) is 2. The first-order chi connectivity index (χ1) is 9.42. The Morgan fingerprint density at radius 2 is 2.00 bits per heavy atom. The normalized spacial score (nSPS) is 22.6. The van der Waals surface area contributed by atoms with Gasteiger partial charge >= 0.3 is 0 Å². The third-order valence-corrected chi connectivity index (χ3v) is 4.38. The molecule has 0 saturated heterocycles. The molecule has 114 valence electrons. The zero-order valence-corrected chi connectivity index (χ0v) is 12.6. The number of methoxy groups -OCH3 is 1. The van der Waals surface area contributed by atoms with Crippen LogP contribution in [0.25, 0.3) is 0 Å². The van der Waals surface area contributed by atoms with Crippen molar-refractivity contribution in [2.45, 2.75) is 57.7 Å². The van der Waals surface area contributed by atoms with Gasteiger partial charge in [0.15, 0.2) is 0 Å². The smallest absolute Gasteiger partial charge is 0.255 e. The Morgan fingerprint density at radius 1 is 1.35 bits per heavy atom. The molecule has 1 aliphatic rings. The summed E-state index contributed by atoms with van der Waals surface area (Å²) in [5, 5.41) is 13.9. The third-order valence-electron chi connectivity index (χ3n) is 4.38. The molecule has 0 aromatic carbocycles. The average Bonchev–Trinajstić information content (AvgIpc) is 2.90. The summed E-state index contributed by atoms with van der Waals surface area (Å²) in [4.78, 5) is 4.33. The van der Waals surface area contributed by atoms with Crippen molar-refractivity contribution >= 4 is 0 Å². The maximum absolute atomic E-state index is 9.85. The van der Waals surface area contributed by atoms with E-state index in [4.69, 9.17) is 15.0 Å². The lowest BCUT2D eigenvalue weighted by Gasteiger charge is -2.40. The highest BCUT2D eigenvalue weighted by Crippen LogP contribution is 2.46. The summed E-state index contributed by atoms with van der Waals surface area (Å²) >= 11 is 0. The Bertz CT molecular complexity index is 435. The standard InChI is InChI=1S/C14H25N3O3/c1-13(2)5-7-14(19-3,8-6-13)12-16-11(20-17-12)10(18)4-9-15/h10,18H,4-9,15H2,1-3H3/t10-/m0/s1. The molecule has 0 bridgehead atoms. The minimum absolute atomic E-state index is 0.228. The van der Waals surface area contributed by atoms with Gasteiger partial charge in [-0.05, 0) is 44.1 Å². The fraction of sp³-hybridized carbons (Fsp3) is 0.857. The largest absolute Gasteiger partial charge is 0.383 e. The zero-order chi connectivity index (χ0) is 14.8. The summed E-state index contributed by atoms with van der Waals surface area (Å²) in [5.74, 6) is 0.772. The maximum atomic E-state index is 9.85. The number of rotatable bonds is 5. The molecule has 1 aromatic rings. The quantitative estimate of drug-likeness (QED) is 0.857. The van der Waals surface area contributed by atoms with Crippen molar-refractivity contribution < 1.29 is 14.4 Å². The molecular formula is C14H25N3O3. The van der Waals surface area contributed by atoms with Crippen molar-refractivity contribution in [3.05, 3.63) is 11.7 Å². The molecule has 1 fully saturated rings. The van der Waals surface area contributed by atoms with Gasteiger partial charge in [-0.3, -0.25) is 0 Å². The number of aliphatic hydroxyl groups is 1. The lowest BCUT2D eigenvalue weighted by Crippen LogP contribution is -2.37. The molecule has 3 N–H and O–H groups in total. The molecule has 0 unspecified atom stereocenters. The second-order valence-corrected chi connectivity index (χ2v) is 6.41. The van der Waals surface area contributed by atoms with Crippen LogP contribution in [0.15, 0.2) is 4.52 Å². The molecule has 0 amide bonds. The second-order valence-electron chi connectivity index (χ2n) is 6.41. The van der Waals surface area contributed by atoms with E-state index in [1.165, 1.54) is 0 Å². The van der Waals surface area contributed by atoms with Gasteiger partial charge in [0.25, 0.3) is 5.89 Å². The molecule has 1 aliphatic carbocycles. The Kier molecular flexibility index (Phi) is 4.46. The van der Waals surface area contributed by atoms with Gasteiger partial charge in [-0.2, -0.15) is 4.98 Å². The molecule has 6 heteroatoms. The number of nitrogens with zero attached hydrogens (tertiary/aromatic N) is 2. The predicted octanol–water partition coefficient (Wildman–Crippen LogP) is 1.89. The number of nitrogens with two attached hydrogens (primary N) is 1. The van der Waals surface area contributed by atoms with Crippen LogP contribution in [0.1, 0.15) is 63.8 Å². The first-order valence-corrected chi connectivity index (χ1v) is 7.20. The van der Waals surface area contributed by atoms with E-state index in [1.54, 1.807) is 7.11 Å². The molecule has 1 aromatic heterocycles. The van der Waals surface area contributed by atoms with E-state index in [2.05, 4.69) is 24.0 Å².